The molecule has 1 radical (unpaired) electrons. The molecule has 0 saturated carbocycles. The topological polar surface area (TPSA) is 95.0 Å². The number of nitrogens with zero attached hydrogens (tertiary/aromatic N) is 3. The van der Waals surface area contributed by atoms with Crippen LogP contribution in [0.4, 0.5) is 5.82 Å². The summed E-state index contributed by atoms with van der Waals surface area (Å²) in [6, 6.07) is 5.55. The quantitative estimate of drug-likeness (QED) is 0.820. The number of carbonyl (C=O) groups excluding carboxylic acids is 1. The van der Waals surface area contributed by atoms with Gasteiger partial charge in [-0.05, 0) is 24.1 Å². The number of fused-ring (bicyclic) bond motifs is 1. The Bertz CT molecular complexity index is 627. The lowest BCUT2D eigenvalue weighted by Gasteiger charge is -2.08. The maximum atomic E-state index is 11.4. The summed E-state index contributed by atoms with van der Waals surface area (Å²) < 4.78 is 0. The third kappa shape index (κ3) is 2.34. The first-order valence-corrected chi connectivity index (χ1v) is 6.17. The van der Waals surface area contributed by atoms with Crippen molar-refractivity contribution in [2.45, 2.75) is 19.0 Å². The van der Waals surface area contributed by atoms with Crippen LogP contribution in [0.1, 0.15) is 12.0 Å². The molecule has 0 bridgehead atoms. The molecule has 6 heteroatoms. The zero-order valence-corrected chi connectivity index (χ0v) is 10.3. The predicted octanol–water partition coefficient (Wildman–Crippen LogP) is 0.205. The number of nitrogens with two attached hydrogens (primary N) is 1. The van der Waals surface area contributed by atoms with Gasteiger partial charge in [0.05, 0.1) is 5.52 Å². The van der Waals surface area contributed by atoms with Crippen molar-refractivity contribution >= 4 is 22.6 Å². The third-order valence-corrected chi connectivity index (χ3v) is 3.25. The van der Waals surface area contributed by atoms with Crippen LogP contribution >= 0.6 is 0 Å². The Morgan fingerprint density at radius 1 is 1.42 bits per heavy atom. The first-order chi connectivity index (χ1) is 9.24. The van der Waals surface area contributed by atoms with E-state index < -0.39 is 0 Å². The molecule has 19 heavy (non-hydrogen) atoms. The highest BCUT2D eigenvalue weighted by Crippen LogP contribution is 2.18. The smallest absolute Gasteiger partial charge is 0.238 e. The fraction of sp³-hybridized carbons (Fsp3) is 0.308. The van der Waals surface area contributed by atoms with Gasteiger partial charge in [0, 0.05) is 18.5 Å². The van der Waals surface area contributed by atoms with Gasteiger partial charge >= 0.3 is 0 Å². The van der Waals surface area contributed by atoms with E-state index in [0.29, 0.717) is 18.9 Å². The van der Waals surface area contributed by atoms with Gasteiger partial charge in [-0.2, -0.15) is 0 Å². The van der Waals surface area contributed by atoms with Crippen LogP contribution in [0, 0.1) is 0 Å². The van der Waals surface area contributed by atoms with Crippen molar-refractivity contribution in [3.63, 3.8) is 0 Å². The van der Waals surface area contributed by atoms with E-state index in [9.17, 15) is 4.79 Å². The fourth-order valence-electron chi connectivity index (χ4n) is 2.19. The van der Waals surface area contributed by atoms with E-state index >= 15 is 0 Å². The molecular weight excluding hydrogens is 242 g/mol. The molecule has 1 fully saturated rings. The number of hydrogen-bond acceptors (Lipinski definition) is 4. The lowest BCUT2D eigenvalue weighted by molar-refractivity contribution is -0.120. The van der Waals surface area contributed by atoms with Crippen LogP contribution in [-0.2, 0) is 11.3 Å². The van der Waals surface area contributed by atoms with Gasteiger partial charge in [-0.1, -0.05) is 6.07 Å². The minimum Gasteiger partial charge on any atom is -0.383 e. The van der Waals surface area contributed by atoms with Gasteiger partial charge in [0.15, 0.2) is 0 Å². The molecule has 2 aromatic rings. The molecule has 3 N–H and O–H groups in total. The highest BCUT2D eigenvalue weighted by molar-refractivity contribution is 5.88. The number of amides is 1. The zero-order chi connectivity index (χ0) is 13.2. The van der Waals surface area contributed by atoms with Gasteiger partial charge in [0.1, 0.15) is 18.2 Å². The van der Waals surface area contributed by atoms with Gasteiger partial charge in [0.25, 0.3) is 0 Å². The molecule has 1 aromatic carbocycles. The van der Waals surface area contributed by atoms with E-state index in [4.69, 9.17) is 5.73 Å². The second-order valence-corrected chi connectivity index (χ2v) is 4.55. The van der Waals surface area contributed by atoms with E-state index in [1.165, 1.54) is 6.33 Å². The molecule has 1 aromatic heterocycles. The second-order valence-electron chi connectivity index (χ2n) is 4.55. The number of aromatic nitrogens is 2. The Morgan fingerprint density at radius 2 is 2.32 bits per heavy atom. The number of anilines is 1. The third-order valence-electron chi connectivity index (χ3n) is 3.25. The minimum atomic E-state index is -0.217. The molecule has 1 aliphatic rings. The van der Waals surface area contributed by atoms with Crippen LogP contribution in [0.3, 0.4) is 0 Å². The summed E-state index contributed by atoms with van der Waals surface area (Å²) >= 11 is 0. The molecule has 1 atom stereocenters. The number of carbonyl (C=O) groups is 1. The molecule has 97 valence electrons. The molecule has 1 saturated heterocycles. The molecule has 1 aliphatic heterocycles. The molecule has 0 spiro atoms. The largest absolute Gasteiger partial charge is 0.383 e. The van der Waals surface area contributed by atoms with Crippen LogP contribution in [0.15, 0.2) is 24.5 Å². The van der Waals surface area contributed by atoms with E-state index in [1.54, 1.807) is 0 Å². The van der Waals surface area contributed by atoms with E-state index in [0.717, 1.165) is 22.9 Å². The SMILES string of the molecule is Nc1ncnc2cc(C[N][C@@H]3CCNC3=O)ccc12. The van der Waals surface area contributed by atoms with Crippen molar-refractivity contribution in [1.29, 1.82) is 0 Å². The lowest BCUT2D eigenvalue weighted by atomic mass is 10.1. The van der Waals surface area contributed by atoms with Crippen molar-refractivity contribution in [3.05, 3.63) is 30.1 Å². The fourth-order valence-corrected chi connectivity index (χ4v) is 2.19. The van der Waals surface area contributed by atoms with Crippen molar-refractivity contribution in [2.24, 2.45) is 0 Å². The lowest BCUT2D eigenvalue weighted by Crippen LogP contribution is -2.30. The van der Waals surface area contributed by atoms with Crippen LogP contribution in [-0.4, -0.2) is 28.5 Å². The van der Waals surface area contributed by atoms with Gasteiger partial charge in [-0.15, -0.1) is 0 Å². The number of hydrogen-bond donors (Lipinski definition) is 2. The Balaban J connectivity index is 1.76. The highest BCUT2D eigenvalue weighted by Gasteiger charge is 2.24. The standard InChI is InChI=1S/C13H14N5O/c14-12-9-2-1-8(5-11(9)17-7-18-12)6-16-10-3-4-15-13(10)19/h1-2,5,7,10H,3-4,6H2,(H,15,19)(H2,14,17,18)/t10-/m1/s1. The average Bonchev–Trinajstić information content (AvgIpc) is 2.82. The van der Waals surface area contributed by atoms with Crippen molar-refractivity contribution in [1.82, 2.24) is 20.6 Å². The Hall–Kier alpha value is -2.21. The van der Waals surface area contributed by atoms with E-state index in [-0.39, 0.29) is 11.9 Å². The van der Waals surface area contributed by atoms with Gasteiger partial charge < -0.3 is 11.1 Å². The summed E-state index contributed by atoms with van der Waals surface area (Å²) in [5.74, 6) is 0.496. The number of nitrogen functional groups attached to an aromatic ring is 1. The van der Waals surface area contributed by atoms with Gasteiger partial charge in [0.2, 0.25) is 5.91 Å². The van der Waals surface area contributed by atoms with Crippen LogP contribution < -0.4 is 16.4 Å². The Morgan fingerprint density at radius 3 is 3.11 bits per heavy atom. The average molecular weight is 256 g/mol. The first kappa shape index (κ1) is 11.9. The number of benzene rings is 1. The summed E-state index contributed by atoms with van der Waals surface area (Å²) in [6.45, 7) is 1.23. The Kier molecular flexibility index (Phi) is 3.00. The van der Waals surface area contributed by atoms with Gasteiger partial charge in [-0.25, -0.2) is 15.3 Å². The first-order valence-electron chi connectivity index (χ1n) is 6.17. The zero-order valence-electron chi connectivity index (χ0n) is 10.3. The van der Waals surface area contributed by atoms with Crippen LogP contribution in [0.5, 0.6) is 0 Å². The molecular formula is C13H14N5O. The molecule has 0 unspecified atom stereocenters. The highest BCUT2D eigenvalue weighted by atomic mass is 16.2. The predicted molar refractivity (Wildman–Crippen MR) is 71.2 cm³/mol. The second kappa shape index (κ2) is 4.81. The molecule has 1 amide bonds. The number of rotatable bonds is 3. The maximum absolute atomic E-state index is 11.4. The summed E-state index contributed by atoms with van der Waals surface area (Å²) in [6.07, 6.45) is 2.23. The van der Waals surface area contributed by atoms with Crippen molar-refractivity contribution in [3.8, 4) is 0 Å². The summed E-state index contributed by atoms with van der Waals surface area (Å²) in [5.41, 5.74) is 7.59. The van der Waals surface area contributed by atoms with Crippen molar-refractivity contribution < 1.29 is 4.79 Å². The van der Waals surface area contributed by atoms with Crippen LogP contribution in [0.25, 0.3) is 10.9 Å². The van der Waals surface area contributed by atoms with Crippen molar-refractivity contribution in [2.75, 3.05) is 12.3 Å². The molecule has 3 rings (SSSR count). The maximum Gasteiger partial charge on any atom is 0.238 e. The normalized spacial score (nSPS) is 18.7. The summed E-state index contributed by atoms with van der Waals surface area (Å²) in [4.78, 5) is 19.5. The summed E-state index contributed by atoms with van der Waals surface area (Å²) in [5, 5.41) is 8.03. The number of nitrogens with one attached hydrogen (secondary N) is 1. The minimum absolute atomic E-state index is 0.0207. The van der Waals surface area contributed by atoms with Gasteiger partial charge in [-0.3, -0.25) is 4.79 Å². The molecule has 6 nitrogen and oxygen atoms in total. The molecule has 2 heterocycles. The van der Waals surface area contributed by atoms with Crippen LogP contribution in [0.2, 0.25) is 0 Å². The Labute approximate surface area is 110 Å². The summed E-state index contributed by atoms with van der Waals surface area (Å²) in [7, 11) is 0. The van der Waals surface area contributed by atoms with E-state index in [2.05, 4.69) is 20.6 Å². The molecule has 0 aliphatic carbocycles. The van der Waals surface area contributed by atoms with E-state index in [1.807, 2.05) is 18.2 Å². The monoisotopic (exact) mass is 256 g/mol.